The smallest absolute Gasteiger partial charge is 0.271 e. The van der Waals surface area contributed by atoms with Gasteiger partial charge in [0, 0.05) is 6.54 Å². The highest BCUT2D eigenvalue weighted by Crippen LogP contribution is 2.09. The van der Waals surface area contributed by atoms with E-state index in [2.05, 4.69) is 15.5 Å². The first-order valence-electron chi connectivity index (χ1n) is 5.70. The Labute approximate surface area is 115 Å². The summed E-state index contributed by atoms with van der Waals surface area (Å²) in [5, 5.41) is 19.4. The van der Waals surface area contributed by atoms with Crippen LogP contribution in [0.5, 0.6) is 5.75 Å². The Hall–Kier alpha value is -2.14. The van der Waals surface area contributed by atoms with Crippen molar-refractivity contribution in [1.29, 1.82) is 0 Å². The number of hydrogen-bond acceptors (Lipinski definition) is 4. The van der Waals surface area contributed by atoms with E-state index in [4.69, 9.17) is 16.7 Å². The Balaban J connectivity index is 1.84. The van der Waals surface area contributed by atoms with Gasteiger partial charge in [-0.05, 0) is 36.2 Å². The van der Waals surface area contributed by atoms with Gasteiger partial charge in [0.15, 0.2) is 10.8 Å². The van der Waals surface area contributed by atoms with Crippen LogP contribution < -0.4 is 5.32 Å². The second-order valence-corrected chi connectivity index (χ2v) is 4.30. The molecule has 0 bridgehead atoms. The maximum Gasteiger partial charge on any atom is 0.271 e. The monoisotopic (exact) mass is 277 g/mol. The van der Waals surface area contributed by atoms with Crippen LogP contribution >= 0.6 is 11.6 Å². The summed E-state index contributed by atoms with van der Waals surface area (Å²) >= 11 is 5.59. The molecule has 0 aliphatic carbocycles. The third-order valence-electron chi connectivity index (χ3n) is 2.50. The number of benzene rings is 1. The molecule has 0 aliphatic heterocycles. The fraction of sp³-hybridized carbons (Fsp3) is 0.154. The normalized spacial score (nSPS) is 10.2. The highest BCUT2D eigenvalue weighted by Gasteiger charge is 2.06. The molecule has 2 aromatic rings. The Morgan fingerprint density at radius 3 is 2.53 bits per heavy atom. The number of hydrogen-bond donors (Lipinski definition) is 2. The van der Waals surface area contributed by atoms with Gasteiger partial charge in [-0.15, -0.1) is 10.2 Å². The van der Waals surface area contributed by atoms with Crippen molar-refractivity contribution in [2.75, 3.05) is 6.54 Å². The highest BCUT2D eigenvalue weighted by molar-refractivity contribution is 6.29. The number of phenolic OH excluding ortho intramolecular Hbond substituents is 1. The fourth-order valence-corrected chi connectivity index (χ4v) is 1.61. The van der Waals surface area contributed by atoms with Gasteiger partial charge < -0.3 is 10.4 Å². The van der Waals surface area contributed by atoms with Crippen molar-refractivity contribution in [3.05, 3.63) is 52.8 Å². The number of aromatic nitrogens is 2. The van der Waals surface area contributed by atoms with E-state index >= 15 is 0 Å². The summed E-state index contributed by atoms with van der Waals surface area (Å²) in [6, 6.07) is 9.88. The van der Waals surface area contributed by atoms with Gasteiger partial charge in [0.25, 0.3) is 5.91 Å². The van der Waals surface area contributed by atoms with Crippen LogP contribution in [0.15, 0.2) is 36.4 Å². The van der Waals surface area contributed by atoms with Crippen molar-refractivity contribution in [3.63, 3.8) is 0 Å². The van der Waals surface area contributed by atoms with E-state index in [1.807, 2.05) is 12.1 Å². The number of nitrogens with one attached hydrogen (secondary N) is 1. The summed E-state index contributed by atoms with van der Waals surface area (Å²) in [6.45, 7) is 0.480. The molecule has 6 heteroatoms. The van der Waals surface area contributed by atoms with Crippen molar-refractivity contribution in [2.45, 2.75) is 6.42 Å². The van der Waals surface area contributed by atoms with Gasteiger partial charge in [-0.25, -0.2) is 0 Å². The fourth-order valence-electron chi connectivity index (χ4n) is 1.51. The first-order chi connectivity index (χ1) is 9.15. The minimum Gasteiger partial charge on any atom is -0.508 e. The predicted octanol–water partition coefficient (Wildman–Crippen LogP) is 1.81. The largest absolute Gasteiger partial charge is 0.508 e. The van der Waals surface area contributed by atoms with Crippen LogP contribution in [0.2, 0.25) is 5.15 Å². The van der Waals surface area contributed by atoms with Gasteiger partial charge in [0.05, 0.1) is 0 Å². The molecular formula is C13H12ClN3O2. The Kier molecular flexibility index (Phi) is 4.30. The zero-order valence-corrected chi connectivity index (χ0v) is 10.8. The summed E-state index contributed by atoms with van der Waals surface area (Å²) < 4.78 is 0. The minimum atomic E-state index is -0.289. The van der Waals surface area contributed by atoms with Crippen LogP contribution in [0.1, 0.15) is 16.1 Å². The van der Waals surface area contributed by atoms with Crippen molar-refractivity contribution in [1.82, 2.24) is 15.5 Å². The molecule has 1 heterocycles. The van der Waals surface area contributed by atoms with E-state index in [0.717, 1.165) is 5.56 Å². The SMILES string of the molecule is O=C(NCCc1ccc(O)cc1)c1ccc(Cl)nn1. The first kappa shape index (κ1) is 13.3. The van der Waals surface area contributed by atoms with Gasteiger partial charge in [-0.2, -0.15) is 0 Å². The number of nitrogens with zero attached hydrogens (tertiary/aromatic N) is 2. The number of carbonyl (C=O) groups excluding carboxylic acids is 1. The van der Waals surface area contributed by atoms with Crippen LogP contribution in [-0.4, -0.2) is 27.8 Å². The van der Waals surface area contributed by atoms with E-state index in [0.29, 0.717) is 13.0 Å². The van der Waals surface area contributed by atoms with E-state index in [-0.39, 0.29) is 22.5 Å². The van der Waals surface area contributed by atoms with E-state index < -0.39 is 0 Å². The quantitative estimate of drug-likeness (QED) is 0.894. The van der Waals surface area contributed by atoms with Gasteiger partial charge in [-0.3, -0.25) is 4.79 Å². The van der Waals surface area contributed by atoms with Crippen molar-refractivity contribution >= 4 is 17.5 Å². The number of carbonyl (C=O) groups is 1. The maximum absolute atomic E-state index is 11.7. The van der Waals surface area contributed by atoms with Crippen molar-refractivity contribution in [2.24, 2.45) is 0 Å². The molecule has 0 unspecified atom stereocenters. The summed E-state index contributed by atoms with van der Waals surface area (Å²) in [5.74, 6) is -0.0628. The Morgan fingerprint density at radius 1 is 1.16 bits per heavy atom. The van der Waals surface area contributed by atoms with Crippen molar-refractivity contribution < 1.29 is 9.90 Å². The lowest BCUT2D eigenvalue weighted by molar-refractivity contribution is 0.0948. The molecule has 0 radical (unpaired) electrons. The summed E-state index contributed by atoms with van der Waals surface area (Å²) in [4.78, 5) is 11.7. The Morgan fingerprint density at radius 2 is 1.89 bits per heavy atom. The molecule has 0 aliphatic rings. The first-order valence-corrected chi connectivity index (χ1v) is 6.08. The molecule has 2 N–H and O–H groups in total. The van der Waals surface area contributed by atoms with E-state index in [1.165, 1.54) is 12.1 Å². The number of amides is 1. The molecule has 1 aromatic carbocycles. The molecule has 1 amide bonds. The molecule has 5 nitrogen and oxygen atoms in total. The second-order valence-electron chi connectivity index (χ2n) is 3.91. The van der Waals surface area contributed by atoms with Gasteiger partial charge in [-0.1, -0.05) is 23.7 Å². The lowest BCUT2D eigenvalue weighted by atomic mass is 10.1. The zero-order valence-electron chi connectivity index (χ0n) is 10.0. The third-order valence-corrected chi connectivity index (χ3v) is 2.70. The Bertz CT molecular complexity index is 555. The minimum absolute atomic E-state index is 0.226. The topological polar surface area (TPSA) is 75.1 Å². The van der Waals surface area contributed by atoms with Crippen LogP contribution in [0.3, 0.4) is 0 Å². The van der Waals surface area contributed by atoms with E-state index in [1.54, 1.807) is 12.1 Å². The third kappa shape index (κ3) is 3.93. The second kappa shape index (κ2) is 6.15. The lowest BCUT2D eigenvalue weighted by Gasteiger charge is -2.04. The van der Waals surface area contributed by atoms with Crippen LogP contribution in [0.25, 0.3) is 0 Å². The van der Waals surface area contributed by atoms with Gasteiger partial charge >= 0.3 is 0 Å². The molecule has 0 saturated carbocycles. The molecule has 0 atom stereocenters. The number of phenols is 1. The molecule has 1 aromatic heterocycles. The lowest BCUT2D eigenvalue weighted by Crippen LogP contribution is -2.26. The zero-order chi connectivity index (χ0) is 13.7. The summed E-state index contributed by atoms with van der Waals surface area (Å²) in [5.41, 5.74) is 1.26. The van der Waals surface area contributed by atoms with E-state index in [9.17, 15) is 4.79 Å². The number of aromatic hydroxyl groups is 1. The molecule has 0 fully saturated rings. The van der Waals surface area contributed by atoms with Gasteiger partial charge in [0.2, 0.25) is 0 Å². The molecule has 0 spiro atoms. The molecule has 98 valence electrons. The standard InChI is InChI=1S/C13H12ClN3O2/c14-12-6-5-11(16-17-12)13(19)15-8-7-9-1-3-10(18)4-2-9/h1-6,18H,7-8H2,(H,15,19). The average molecular weight is 278 g/mol. The van der Waals surface area contributed by atoms with Crippen molar-refractivity contribution in [3.8, 4) is 5.75 Å². The number of halogens is 1. The molecular weight excluding hydrogens is 266 g/mol. The summed E-state index contributed by atoms with van der Waals surface area (Å²) in [6.07, 6.45) is 0.674. The highest BCUT2D eigenvalue weighted by atomic mass is 35.5. The summed E-state index contributed by atoms with van der Waals surface area (Å²) in [7, 11) is 0. The molecule has 0 saturated heterocycles. The van der Waals surface area contributed by atoms with Crippen LogP contribution in [0, 0.1) is 0 Å². The predicted molar refractivity (Wildman–Crippen MR) is 71.2 cm³/mol. The average Bonchev–Trinajstić information content (AvgIpc) is 2.41. The maximum atomic E-state index is 11.7. The molecule has 19 heavy (non-hydrogen) atoms. The van der Waals surface area contributed by atoms with Gasteiger partial charge in [0.1, 0.15) is 5.75 Å². The van der Waals surface area contributed by atoms with Crippen LogP contribution in [-0.2, 0) is 6.42 Å². The molecule has 2 rings (SSSR count). The van der Waals surface area contributed by atoms with Crippen LogP contribution in [0.4, 0.5) is 0 Å². The number of rotatable bonds is 4.